The molecule has 1 aliphatic rings. The molecule has 0 bridgehead atoms. The number of carbonyl (C=O) groups is 1. The van der Waals surface area contributed by atoms with E-state index in [4.69, 9.17) is 27.9 Å². The van der Waals surface area contributed by atoms with Gasteiger partial charge in [-0.2, -0.15) is 0 Å². The molecule has 20 heavy (non-hydrogen) atoms. The zero-order chi connectivity index (χ0) is 14.9. The number of esters is 1. The van der Waals surface area contributed by atoms with Crippen LogP contribution in [-0.2, 0) is 4.74 Å². The Morgan fingerprint density at radius 2 is 1.90 bits per heavy atom. The van der Waals surface area contributed by atoms with Gasteiger partial charge in [-0.3, -0.25) is 0 Å². The van der Waals surface area contributed by atoms with Gasteiger partial charge < -0.3 is 4.74 Å². The molecule has 5 heteroatoms. The van der Waals surface area contributed by atoms with Crippen LogP contribution in [0.15, 0.2) is 12.1 Å². The van der Waals surface area contributed by atoms with Gasteiger partial charge in [0.1, 0.15) is 16.4 Å². The lowest BCUT2D eigenvalue weighted by Crippen LogP contribution is -2.34. The van der Waals surface area contributed by atoms with Gasteiger partial charge in [0.25, 0.3) is 0 Å². The fourth-order valence-electron chi connectivity index (χ4n) is 3.15. The van der Waals surface area contributed by atoms with Gasteiger partial charge in [-0.05, 0) is 42.7 Å². The Labute approximate surface area is 129 Å². The number of hydrogen-bond acceptors (Lipinski definition) is 3. The molecule has 1 fully saturated rings. The second-order valence-electron chi connectivity index (χ2n) is 6.44. The van der Waals surface area contributed by atoms with Crippen LogP contribution in [0, 0.1) is 11.3 Å². The second kappa shape index (κ2) is 5.90. The van der Waals surface area contributed by atoms with Crippen molar-refractivity contribution in [1.29, 1.82) is 0 Å². The molecule has 0 amide bonds. The molecule has 1 aliphatic carbocycles. The molecule has 2 rings (SSSR count). The summed E-state index contributed by atoms with van der Waals surface area (Å²) in [6.45, 7) is 6.62. The van der Waals surface area contributed by atoms with Crippen LogP contribution in [0.3, 0.4) is 0 Å². The van der Waals surface area contributed by atoms with E-state index in [1.165, 1.54) is 12.1 Å². The second-order valence-corrected chi connectivity index (χ2v) is 7.22. The summed E-state index contributed by atoms with van der Waals surface area (Å²) in [5, 5.41) is 0.392. The van der Waals surface area contributed by atoms with Gasteiger partial charge in [-0.25, -0.2) is 9.78 Å². The lowest BCUT2D eigenvalue weighted by molar-refractivity contribution is -0.00715. The maximum Gasteiger partial charge on any atom is 0.338 e. The van der Waals surface area contributed by atoms with Gasteiger partial charge in [-0.1, -0.05) is 44.0 Å². The maximum absolute atomic E-state index is 12.2. The van der Waals surface area contributed by atoms with Crippen LogP contribution >= 0.6 is 23.2 Å². The van der Waals surface area contributed by atoms with Gasteiger partial charge in [0.2, 0.25) is 0 Å². The van der Waals surface area contributed by atoms with Crippen LogP contribution in [0.4, 0.5) is 0 Å². The molecule has 110 valence electrons. The summed E-state index contributed by atoms with van der Waals surface area (Å²) in [5.41, 5.74) is 0.557. The molecule has 1 aromatic heterocycles. The maximum atomic E-state index is 12.2. The smallest absolute Gasteiger partial charge is 0.338 e. The number of carbonyl (C=O) groups excluding carboxylic acids is 1. The number of nitrogens with zero attached hydrogens (tertiary/aromatic N) is 1. The van der Waals surface area contributed by atoms with E-state index >= 15 is 0 Å². The third-order valence-electron chi connectivity index (χ3n) is 3.62. The highest BCUT2D eigenvalue weighted by molar-refractivity contribution is 6.32. The molecule has 2 atom stereocenters. The van der Waals surface area contributed by atoms with Gasteiger partial charge in [-0.15, -0.1) is 0 Å². The normalized spacial score (nSPS) is 25.2. The summed E-state index contributed by atoms with van der Waals surface area (Å²) in [6, 6.07) is 2.96. The zero-order valence-corrected chi connectivity index (χ0v) is 13.5. The third-order valence-corrected chi connectivity index (χ3v) is 4.01. The fourth-order valence-corrected chi connectivity index (χ4v) is 3.61. The van der Waals surface area contributed by atoms with Crippen molar-refractivity contribution in [2.75, 3.05) is 0 Å². The summed E-state index contributed by atoms with van der Waals surface area (Å²) >= 11 is 11.6. The predicted molar refractivity (Wildman–Crippen MR) is 80.3 cm³/mol. The van der Waals surface area contributed by atoms with Crippen LogP contribution in [-0.4, -0.2) is 17.1 Å². The summed E-state index contributed by atoms with van der Waals surface area (Å²) < 4.78 is 5.61. The Balaban J connectivity index is 2.07. The number of aromatic nitrogens is 1. The first-order chi connectivity index (χ1) is 9.25. The van der Waals surface area contributed by atoms with Crippen molar-refractivity contribution < 1.29 is 9.53 Å². The number of pyridine rings is 1. The van der Waals surface area contributed by atoms with E-state index in [0.717, 1.165) is 19.3 Å². The molecule has 1 saturated carbocycles. The first-order valence-electron chi connectivity index (χ1n) is 6.79. The van der Waals surface area contributed by atoms with E-state index in [1.54, 1.807) is 0 Å². The van der Waals surface area contributed by atoms with Crippen molar-refractivity contribution in [2.45, 2.75) is 46.1 Å². The third kappa shape index (κ3) is 4.10. The molecule has 0 spiro atoms. The average Bonchev–Trinajstić information content (AvgIpc) is 2.24. The summed E-state index contributed by atoms with van der Waals surface area (Å²) in [7, 11) is 0. The highest BCUT2D eigenvalue weighted by Crippen LogP contribution is 2.39. The Bertz CT molecular complexity index is 496. The van der Waals surface area contributed by atoms with E-state index in [1.807, 2.05) is 0 Å². The molecule has 0 radical (unpaired) electrons. The minimum absolute atomic E-state index is 0.0491. The summed E-state index contributed by atoms with van der Waals surface area (Å²) in [5.74, 6) is 0.173. The fraction of sp³-hybridized carbons (Fsp3) is 0.600. The minimum Gasteiger partial charge on any atom is -0.459 e. The van der Waals surface area contributed by atoms with E-state index in [2.05, 4.69) is 25.8 Å². The molecule has 0 saturated heterocycles. The quantitative estimate of drug-likeness (QED) is 0.583. The monoisotopic (exact) mass is 315 g/mol. The predicted octanol–water partition coefficient (Wildman–Crippen LogP) is 4.76. The Kier molecular flexibility index (Phi) is 4.60. The Hall–Kier alpha value is -0.800. The number of rotatable bonds is 2. The lowest BCUT2D eigenvalue weighted by atomic mass is 9.71. The van der Waals surface area contributed by atoms with Crippen molar-refractivity contribution in [2.24, 2.45) is 11.3 Å². The number of halogens is 2. The minimum atomic E-state index is -0.383. The molecule has 0 N–H and O–H groups in total. The standard InChI is InChI=1S/C15H19Cl2NO2/c1-9-4-11(8-15(2,3)7-9)20-14(19)10-5-12(16)18-13(17)6-10/h5-6,9,11H,4,7-8H2,1-3H3. The topological polar surface area (TPSA) is 39.2 Å². The zero-order valence-electron chi connectivity index (χ0n) is 12.0. The van der Waals surface area contributed by atoms with Crippen LogP contribution in [0.25, 0.3) is 0 Å². The highest BCUT2D eigenvalue weighted by atomic mass is 35.5. The molecule has 0 aliphatic heterocycles. The van der Waals surface area contributed by atoms with Crippen LogP contribution < -0.4 is 0 Å². The summed E-state index contributed by atoms with van der Waals surface area (Å²) in [4.78, 5) is 16.0. The van der Waals surface area contributed by atoms with Crippen LogP contribution in [0.2, 0.25) is 10.3 Å². The van der Waals surface area contributed by atoms with Crippen molar-refractivity contribution in [3.05, 3.63) is 28.0 Å². The first kappa shape index (κ1) is 15.6. The number of hydrogen-bond donors (Lipinski definition) is 0. The molecule has 2 unspecified atom stereocenters. The lowest BCUT2D eigenvalue weighted by Gasteiger charge is -2.38. The molecular weight excluding hydrogens is 297 g/mol. The van der Waals surface area contributed by atoms with Gasteiger partial charge in [0.15, 0.2) is 0 Å². The average molecular weight is 316 g/mol. The van der Waals surface area contributed by atoms with E-state index < -0.39 is 0 Å². The number of ether oxygens (including phenoxy) is 1. The largest absolute Gasteiger partial charge is 0.459 e. The molecule has 1 heterocycles. The highest BCUT2D eigenvalue weighted by Gasteiger charge is 2.34. The van der Waals surface area contributed by atoms with Gasteiger partial charge >= 0.3 is 5.97 Å². The summed E-state index contributed by atoms with van der Waals surface area (Å²) in [6.07, 6.45) is 2.90. The van der Waals surface area contributed by atoms with Crippen molar-refractivity contribution in [3.8, 4) is 0 Å². The SMILES string of the molecule is CC1CC(OC(=O)c2cc(Cl)nc(Cl)c2)CC(C)(C)C1. The molecule has 1 aromatic rings. The Morgan fingerprint density at radius 3 is 2.45 bits per heavy atom. The van der Waals surface area contributed by atoms with Gasteiger partial charge in [0, 0.05) is 0 Å². The van der Waals surface area contributed by atoms with Gasteiger partial charge in [0.05, 0.1) is 5.56 Å². The Morgan fingerprint density at radius 1 is 1.30 bits per heavy atom. The first-order valence-corrected chi connectivity index (χ1v) is 7.55. The van der Waals surface area contributed by atoms with Crippen LogP contribution in [0.1, 0.15) is 50.4 Å². The molecule has 0 aromatic carbocycles. The van der Waals surface area contributed by atoms with Crippen molar-refractivity contribution in [3.63, 3.8) is 0 Å². The van der Waals surface area contributed by atoms with E-state index in [9.17, 15) is 4.79 Å². The molecular formula is C15H19Cl2NO2. The van der Waals surface area contributed by atoms with Crippen molar-refractivity contribution in [1.82, 2.24) is 4.98 Å². The van der Waals surface area contributed by atoms with Crippen LogP contribution in [0.5, 0.6) is 0 Å². The van der Waals surface area contributed by atoms with Crippen molar-refractivity contribution >= 4 is 29.2 Å². The van der Waals surface area contributed by atoms with E-state index in [-0.39, 0.29) is 27.8 Å². The molecule has 3 nitrogen and oxygen atoms in total. The van der Waals surface area contributed by atoms with E-state index in [0.29, 0.717) is 11.5 Å².